The molecule has 0 spiro atoms. The molecule has 0 bridgehead atoms. The average Bonchev–Trinajstić information content (AvgIpc) is 2.86. The third-order valence-electron chi connectivity index (χ3n) is 3.97. The summed E-state index contributed by atoms with van der Waals surface area (Å²) in [6.07, 6.45) is 1.38. The number of halogens is 1. The van der Waals surface area contributed by atoms with Crippen LogP contribution in [-0.2, 0) is 25.3 Å². The Morgan fingerprint density at radius 3 is 2.29 bits per heavy atom. The molecule has 0 saturated heterocycles. The third-order valence-corrected chi connectivity index (χ3v) is 4.22. The monoisotopic (exact) mass is 308 g/mol. The highest BCUT2D eigenvalue weighted by atomic mass is 35.5. The summed E-state index contributed by atoms with van der Waals surface area (Å²) in [4.78, 5) is 0. The van der Waals surface area contributed by atoms with E-state index in [1.807, 2.05) is 29.9 Å². The smallest absolute Gasteiger partial charge is 0.0624 e. The number of aliphatic hydroxyl groups excluding tert-OH is 2. The van der Waals surface area contributed by atoms with Gasteiger partial charge in [0.25, 0.3) is 0 Å². The second-order valence-electron chi connectivity index (χ2n) is 5.38. The number of rotatable bonds is 6. The van der Waals surface area contributed by atoms with Crippen LogP contribution in [0.5, 0.6) is 0 Å². The molecule has 0 atom stereocenters. The molecule has 1 aromatic heterocycles. The highest BCUT2D eigenvalue weighted by molar-refractivity contribution is 6.30. The molecule has 2 N–H and O–H groups in total. The molecule has 4 nitrogen and oxygen atoms in total. The van der Waals surface area contributed by atoms with Crippen LogP contribution in [0.15, 0.2) is 30.3 Å². The quantitative estimate of drug-likeness (QED) is 0.859. The highest BCUT2D eigenvalue weighted by Crippen LogP contribution is 2.29. The molecule has 0 aliphatic heterocycles. The second kappa shape index (κ2) is 6.60. The summed E-state index contributed by atoms with van der Waals surface area (Å²) in [6, 6.07) is 9.28. The fraction of sp³-hybridized carbons (Fsp3) is 0.438. The van der Waals surface area contributed by atoms with Gasteiger partial charge in [-0.3, -0.25) is 4.68 Å². The molecule has 0 aliphatic rings. The summed E-state index contributed by atoms with van der Waals surface area (Å²) in [5, 5.41) is 24.8. The minimum absolute atomic E-state index is 0.141. The summed E-state index contributed by atoms with van der Waals surface area (Å²) in [6.45, 7) is 1.77. The van der Waals surface area contributed by atoms with Crippen molar-refractivity contribution in [2.75, 3.05) is 13.2 Å². The van der Waals surface area contributed by atoms with Gasteiger partial charge in [0.1, 0.15) is 0 Å². The first-order chi connectivity index (χ1) is 10.0. The average molecular weight is 309 g/mol. The van der Waals surface area contributed by atoms with Gasteiger partial charge in [0.05, 0.1) is 18.9 Å². The number of hydrogen-bond donors (Lipinski definition) is 2. The lowest BCUT2D eigenvalue weighted by atomic mass is 9.78. The van der Waals surface area contributed by atoms with Crippen molar-refractivity contribution in [3.63, 3.8) is 0 Å². The van der Waals surface area contributed by atoms with Gasteiger partial charge in [-0.2, -0.15) is 5.10 Å². The predicted molar refractivity (Wildman–Crippen MR) is 83.6 cm³/mol. The zero-order valence-electron chi connectivity index (χ0n) is 12.4. The zero-order chi connectivity index (χ0) is 15.5. The van der Waals surface area contributed by atoms with Gasteiger partial charge in [-0.1, -0.05) is 30.7 Å². The molecule has 0 aliphatic carbocycles. The molecule has 5 heteroatoms. The van der Waals surface area contributed by atoms with E-state index in [0.29, 0.717) is 11.4 Å². The van der Waals surface area contributed by atoms with Crippen molar-refractivity contribution < 1.29 is 10.2 Å². The van der Waals surface area contributed by atoms with Gasteiger partial charge in [-0.05, 0) is 30.2 Å². The fourth-order valence-corrected chi connectivity index (χ4v) is 2.63. The van der Waals surface area contributed by atoms with E-state index in [4.69, 9.17) is 11.6 Å². The van der Waals surface area contributed by atoms with Crippen LogP contribution in [0.4, 0.5) is 0 Å². The maximum absolute atomic E-state index is 9.89. The molecule has 2 rings (SSSR count). The molecule has 114 valence electrons. The first-order valence-electron chi connectivity index (χ1n) is 7.04. The Bertz CT molecular complexity index is 589. The van der Waals surface area contributed by atoms with Gasteiger partial charge in [0.2, 0.25) is 0 Å². The van der Waals surface area contributed by atoms with Crippen molar-refractivity contribution >= 4 is 11.6 Å². The molecular weight excluding hydrogens is 288 g/mol. The van der Waals surface area contributed by atoms with Gasteiger partial charge in [-0.15, -0.1) is 0 Å². The lowest BCUT2D eigenvalue weighted by Crippen LogP contribution is -2.37. The molecule has 0 fully saturated rings. The summed E-state index contributed by atoms with van der Waals surface area (Å²) in [7, 11) is 1.88. The minimum Gasteiger partial charge on any atom is -0.395 e. The van der Waals surface area contributed by atoms with E-state index in [9.17, 15) is 10.2 Å². The van der Waals surface area contributed by atoms with Crippen molar-refractivity contribution in [2.24, 2.45) is 7.05 Å². The summed E-state index contributed by atoms with van der Waals surface area (Å²) < 4.78 is 1.81. The largest absolute Gasteiger partial charge is 0.395 e. The van der Waals surface area contributed by atoms with Gasteiger partial charge in [0.15, 0.2) is 0 Å². The lowest BCUT2D eigenvalue weighted by Gasteiger charge is -2.30. The summed E-state index contributed by atoms with van der Waals surface area (Å²) in [5.74, 6) is 0. The van der Waals surface area contributed by atoms with E-state index in [2.05, 4.69) is 12.0 Å². The van der Waals surface area contributed by atoms with Crippen LogP contribution in [0.25, 0.3) is 0 Å². The van der Waals surface area contributed by atoms with Crippen LogP contribution in [0.3, 0.4) is 0 Å². The molecule has 1 heterocycles. The van der Waals surface area contributed by atoms with Crippen LogP contribution in [0.1, 0.15) is 23.9 Å². The normalized spacial score (nSPS) is 11.9. The van der Waals surface area contributed by atoms with Crippen LogP contribution in [0, 0.1) is 0 Å². The van der Waals surface area contributed by atoms with E-state index >= 15 is 0 Å². The molecule has 21 heavy (non-hydrogen) atoms. The Kier molecular flexibility index (Phi) is 5.04. The highest BCUT2D eigenvalue weighted by Gasteiger charge is 2.32. The SMILES string of the molecule is CCc1cc(CC(CO)(CO)c2ccc(Cl)cc2)n(C)n1. The Hall–Kier alpha value is -1.36. The number of aliphatic hydroxyl groups is 2. The van der Waals surface area contributed by atoms with Crippen molar-refractivity contribution in [3.05, 3.63) is 52.3 Å². The van der Waals surface area contributed by atoms with Crippen molar-refractivity contribution in [2.45, 2.75) is 25.2 Å². The van der Waals surface area contributed by atoms with Crippen molar-refractivity contribution in [3.8, 4) is 0 Å². The van der Waals surface area contributed by atoms with Crippen molar-refractivity contribution in [1.29, 1.82) is 0 Å². The molecule has 1 aromatic carbocycles. The van der Waals surface area contributed by atoms with E-state index < -0.39 is 5.41 Å². The Balaban J connectivity index is 2.37. The van der Waals surface area contributed by atoms with Gasteiger partial charge in [-0.25, -0.2) is 0 Å². The number of nitrogens with zero attached hydrogens (tertiary/aromatic N) is 2. The minimum atomic E-state index is -0.733. The lowest BCUT2D eigenvalue weighted by molar-refractivity contribution is 0.114. The molecule has 0 radical (unpaired) electrons. The molecule has 0 amide bonds. The van der Waals surface area contributed by atoms with Crippen LogP contribution in [-0.4, -0.2) is 33.2 Å². The van der Waals surface area contributed by atoms with Gasteiger partial charge in [0, 0.05) is 29.6 Å². The fourth-order valence-electron chi connectivity index (χ4n) is 2.51. The summed E-state index contributed by atoms with van der Waals surface area (Å²) in [5.41, 5.74) is 2.14. The second-order valence-corrected chi connectivity index (χ2v) is 5.82. The number of aryl methyl sites for hydroxylation is 2. The summed E-state index contributed by atoms with van der Waals surface area (Å²) >= 11 is 5.92. The standard InChI is InChI=1S/C16H21ClN2O2/c1-3-14-8-15(19(2)18-14)9-16(10-20,11-21)12-4-6-13(17)7-5-12/h4-8,20-21H,3,9-11H2,1-2H3. The van der Waals surface area contributed by atoms with Crippen LogP contribution < -0.4 is 0 Å². The molecule has 0 unspecified atom stereocenters. The predicted octanol–water partition coefficient (Wildman–Crippen LogP) is 2.10. The third kappa shape index (κ3) is 3.28. The van der Waals surface area contributed by atoms with E-state index in [0.717, 1.165) is 23.4 Å². The molecular formula is C16H21ClN2O2. The topological polar surface area (TPSA) is 58.3 Å². The Labute approximate surface area is 130 Å². The van der Waals surface area contributed by atoms with E-state index in [1.54, 1.807) is 12.1 Å². The van der Waals surface area contributed by atoms with E-state index in [1.165, 1.54) is 0 Å². The van der Waals surface area contributed by atoms with E-state index in [-0.39, 0.29) is 13.2 Å². The number of aromatic nitrogens is 2. The number of hydrogen-bond acceptors (Lipinski definition) is 3. The van der Waals surface area contributed by atoms with Crippen LogP contribution >= 0.6 is 11.6 Å². The molecule has 0 saturated carbocycles. The number of benzene rings is 1. The van der Waals surface area contributed by atoms with Gasteiger partial charge >= 0.3 is 0 Å². The Morgan fingerprint density at radius 1 is 1.19 bits per heavy atom. The first-order valence-corrected chi connectivity index (χ1v) is 7.42. The molecule has 2 aromatic rings. The maximum Gasteiger partial charge on any atom is 0.0624 e. The zero-order valence-corrected chi connectivity index (χ0v) is 13.1. The Morgan fingerprint density at radius 2 is 1.81 bits per heavy atom. The first kappa shape index (κ1) is 16.0. The van der Waals surface area contributed by atoms with Crippen molar-refractivity contribution in [1.82, 2.24) is 9.78 Å². The van der Waals surface area contributed by atoms with Crippen LogP contribution in [0.2, 0.25) is 5.02 Å². The van der Waals surface area contributed by atoms with Gasteiger partial charge < -0.3 is 10.2 Å². The maximum atomic E-state index is 9.89.